The van der Waals surface area contributed by atoms with E-state index in [-0.39, 0.29) is 17.9 Å². The van der Waals surface area contributed by atoms with E-state index < -0.39 is 12.1 Å². The van der Waals surface area contributed by atoms with Crippen LogP contribution in [-0.2, 0) is 16.0 Å². The van der Waals surface area contributed by atoms with Crippen LogP contribution >= 0.6 is 0 Å². The minimum atomic E-state index is -1.05. The van der Waals surface area contributed by atoms with Crippen LogP contribution in [0.25, 0.3) is 0 Å². The van der Waals surface area contributed by atoms with Gasteiger partial charge in [-0.2, -0.15) is 0 Å². The number of rotatable bonds is 7. The first-order valence-electron chi connectivity index (χ1n) is 8.44. The quantitative estimate of drug-likeness (QED) is 0.663. The summed E-state index contributed by atoms with van der Waals surface area (Å²) >= 11 is 0. The SMILES string of the molecule is NC(NC(=O)C1CC1)C(=O)NC(Cc1ccccn1)c1ccccc1. The zero-order valence-electron chi connectivity index (χ0n) is 13.9. The van der Waals surface area contributed by atoms with Crippen LogP contribution in [0.3, 0.4) is 0 Å². The summed E-state index contributed by atoms with van der Waals surface area (Å²) in [6.07, 6.45) is 2.95. The number of benzene rings is 1. The van der Waals surface area contributed by atoms with E-state index in [1.165, 1.54) is 0 Å². The van der Waals surface area contributed by atoms with Gasteiger partial charge in [0.15, 0.2) is 6.17 Å². The standard InChI is InChI=1S/C19H22N4O2/c20-17(23-18(24)14-9-10-14)19(25)22-16(13-6-2-1-3-7-13)12-15-8-4-5-11-21-15/h1-8,11,14,16-17H,9-10,12,20H2,(H,22,25)(H,23,24). The summed E-state index contributed by atoms with van der Waals surface area (Å²) in [6, 6.07) is 15.1. The Morgan fingerprint density at radius 2 is 1.80 bits per heavy atom. The number of amides is 2. The number of hydrogen-bond acceptors (Lipinski definition) is 4. The Morgan fingerprint density at radius 1 is 1.08 bits per heavy atom. The lowest BCUT2D eigenvalue weighted by molar-refractivity contribution is -0.129. The molecule has 2 amide bonds. The Hall–Kier alpha value is -2.73. The van der Waals surface area contributed by atoms with Gasteiger partial charge >= 0.3 is 0 Å². The van der Waals surface area contributed by atoms with Crippen molar-refractivity contribution in [3.05, 3.63) is 66.0 Å². The van der Waals surface area contributed by atoms with Gasteiger partial charge in [0, 0.05) is 24.2 Å². The third kappa shape index (κ3) is 4.87. The summed E-state index contributed by atoms with van der Waals surface area (Å²) in [7, 11) is 0. The molecular formula is C19H22N4O2. The van der Waals surface area contributed by atoms with Crippen molar-refractivity contribution in [3.8, 4) is 0 Å². The first kappa shape index (κ1) is 17.1. The number of carbonyl (C=O) groups excluding carboxylic acids is 2. The molecule has 3 rings (SSSR count). The molecule has 0 spiro atoms. The van der Waals surface area contributed by atoms with Gasteiger partial charge in [-0.15, -0.1) is 0 Å². The molecule has 1 heterocycles. The third-order valence-corrected chi connectivity index (χ3v) is 4.19. The molecule has 1 aromatic carbocycles. The zero-order chi connectivity index (χ0) is 17.6. The predicted molar refractivity (Wildman–Crippen MR) is 94.1 cm³/mol. The van der Waals surface area contributed by atoms with E-state index >= 15 is 0 Å². The molecule has 6 heteroatoms. The maximum absolute atomic E-state index is 12.4. The van der Waals surface area contributed by atoms with Crippen LogP contribution in [0.2, 0.25) is 0 Å². The largest absolute Gasteiger partial charge is 0.346 e. The van der Waals surface area contributed by atoms with Crippen LogP contribution in [0.15, 0.2) is 54.7 Å². The monoisotopic (exact) mass is 338 g/mol. The summed E-state index contributed by atoms with van der Waals surface area (Å²) < 4.78 is 0. The molecule has 2 aromatic rings. The molecule has 6 nitrogen and oxygen atoms in total. The van der Waals surface area contributed by atoms with Crippen molar-refractivity contribution in [2.45, 2.75) is 31.5 Å². The first-order chi connectivity index (χ1) is 12.1. The molecule has 1 fully saturated rings. The first-order valence-corrected chi connectivity index (χ1v) is 8.44. The lowest BCUT2D eigenvalue weighted by Gasteiger charge is -2.22. The normalized spacial score (nSPS) is 15.9. The average Bonchev–Trinajstić information content (AvgIpc) is 3.48. The number of aromatic nitrogens is 1. The highest BCUT2D eigenvalue weighted by Crippen LogP contribution is 2.28. The third-order valence-electron chi connectivity index (χ3n) is 4.19. The van der Waals surface area contributed by atoms with Gasteiger partial charge in [-0.25, -0.2) is 0 Å². The summed E-state index contributed by atoms with van der Waals surface area (Å²) in [6.45, 7) is 0. The molecule has 2 unspecified atom stereocenters. The Kier molecular flexibility index (Phi) is 5.40. The summed E-state index contributed by atoms with van der Waals surface area (Å²) in [5.74, 6) is -0.542. The van der Waals surface area contributed by atoms with Gasteiger partial charge in [0.1, 0.15) is 0 Å². The van der Waals surface area contributed by atoms with Crippen molar-refractivity contribution >= 4 is 11.8 Å². The Labute approximate surface area is 146 Å². The fourth-order valence-corrected chi connectivity index (χ4v) is 2.61. The van der Waals surface area contributed by atoms with Crippen LogP contribution in [0.4, 0.5) is 0 Å². The van der Waals surface area contributed by atoms with Crippen LogP contribution in [-0.4, -0.2) is 23.0 Å². The summed E-state index contributed by atoms with van der Waals surface area (Å²) in [4.78, 5) is 28.5. The maximum Gasteiger partial charge on any atom is 0.257 e. The maximum atomic E-state index is 12.4. The minimum absolute atomic E-state index is 0.0114. The lowest BCUT2D eigenvalue weighted by Crippen LogP contribution is -2.53. The highest BCUT2D eigenvalue weighted by molar-refractivity contribution is 5.89. The van der Waals surface area contributed by atoms with Crippen LogP contribution in [0, 0.1) is 5.92 Å². The van der Waals surface area contributed by atoms with E-state index in [4.69, 9.17) is 5.73 Å². The number of nitrogens with one attached hydrogen (secondary N) is 2. The smallest absolute Gasteiger partial charge is 0.257 e. The minimum Gasteiger partial charge on any atom is -0.346 e. The van der Waals surface area contributed by atoms with Gasteiger partial charge in [0.25, 0.3) is 5.91 Å². The molecule has 25 heavy (non-hydrogen) atoms. The molecule has 4 N–H and O–H groups in total. The number of nitrogens with zero attached hydrogens (tertiary/aromatic N) is 1. The van der Waals surface area contributed by atoms with E-state index in [9.17, 15) is 9.59 Å². The fraction of sp³-hybridized carbons (Fsp3) is 0.316. The molecule has 0 bridgehead atoms. The van der Waals surface area contributed by atoms with Crippen molar-refractivity contribution in [2.24, 2.45) is 11.7 Å². The Bertz CT molecular complexity index is 717. The number of pyridine rings is 1. The molecule has 2 atom stereocenters. The van der Waals surface area contributed by atoms with Gasteiger partial charge in [-0.1, -0.05) is 36.4 Å². The molecule has 0 aliphatic heterocycles. The lowest BCUT2D eigenvalue weighted by atomic mass is 10.0. The second-order valence-electron chi connectivity index (χ2n) is 6.26. The molecule has 130 valence electrons. The fourth-order valence-electron chi connectivity index (χ4n) is 2.61. The Balaban J connectivity index is 1.68. The predicted octanol–water partition coefficient (Wildman–Crippen LogP) is 1.29. The number of carbonyl (C=O) groups is 2. The van der Waals surface area contributed by atoms with Crippen LogP contribution in [0.5, 0.6) is 0 Å². The zero-order valence-corrected chi connectivity index (χ0v) is 13.9. The topological polar surface area (TPSA) is 97.1 Å². The van der Waals surface area contributed by atoms with Crippen molar-refractivity contribution in [1.29, 1.82) is 0 Å². The summed E-state index contributed by atoms with van der Waals surface area (Å²) in [5, 5.41) is 5.50. The van der Waals surface area contributed by atoms with Gasteiger partial charge in [0.05, 0.1) is 6.04 Å². The second-order valence-corrected chi connectivity index (χ2v) is 6.26. The molecule has 0 saturated heterocycles. The van der Waals surface area contributed by atoms with Crippen LogP contribution in [0.1, 0.15) is 30.1 Å². The van der Waals surface area contributed by atoms with E-state index in [1.807, 2.05) is 48.5 Å². The van der Waals surface area contributed by atoms with Crippen molar-refractivity contribution in [1.82, 2.24) is 15.6 Å². The van der Waals surface area contributed by atoms with E-state index in [0.717, 1.165) is 24.1 Å². The van der Waals surface area contributed by atoms with Gasteiger partial charge < -0.3 is 16.4 Å². The molecule has 1 aromatic heterocycles. The van der Waals surface area contributed by atoms with Crippen molar-refractivity contribution < 1.29 is 9.59 Å². The number of nitrogens with two attached hydrogens (primary N) is 1. The molecule has 1 aliphatic rings. The van der Waals surface area contributed by atoms with Gasteiger partial charge in [-0.3, -0.25) is 14.6 Å². The highest BCUT2D eigenvalue weighted by atomic mass is 16.2. The number of hydrogen-bond donors (Lipinski definition) is 3. The van der Waals surface area contributed by atoms with Gasteiger partial charge in [-0.05, 0) is 30.5 Å². The van der Waals surface area contributed by atoms with E-state index in [1.54, 1.807) is 6.20 Å². The average molecular weight is 338 g/mol. The van der Waals surface area contributed by atoms with Crippen molar-refractivity contribution in [2.75, 3.05) is 0 Å². The van der Waals surface area contributed by atoms with Crippen LogP contribution < -0.4 is 16.4 Å². The Morgan fingerprint density at radius 3 is 2.44 bits per heavy atom. The molecular weight excluding hydrogens is 316 g/mol. The van der Waals surface area contributed by atoms with Gasteiger partial charge in [0.2, 0.25) is 5.91 Å². The second kappa shape index (κ2) is 7.90. The highest BCUT2D eigenvalue weighted by Gasteiger charge is 2.32. The molecule has 1 aliphatic carbocycles. The van der Waals surface area contributed by atoms with E-state index in [2.05, 4.69) is 15.6 Å². The molecule has 0 radical (unpaired) electrons. The van der Waals surface area contributed by atoms with E-state index in [0.29, 0.717) is 6.42 Å². The van der Waals surface area contributed by atoms with Crippen molar-refractivity contribution in [3.63, 3.8) is 0 Å². The molecule has 1 saturated carbocycles. The summed E-state index contributed by atoms with van der Waals surface area (Å²) in [5.41, 5.74) is 7.67.